The number of nitrogens with one attached hydrogen (secondary N) is 4. The number of aryl methyl sites for hydroxylation is 1. The van der Waals surface area contributed by atoms with Gasteiger partial charge in [-0.3, -0.25) is 29.1 Å². The highest BCUT2D eigenvalue weighted by Gasteiger charge is 2.28. The molecule has 0 bridgehead atoms. The van der Waals surface area contributed by atoms with Crippen molar-refractivity contribution in [3.05, 3.63) is 64.2 Å². The van der Waals surface area contributed by atoms with Gasteiger partial charge in [0.2, 0.25) is 33.3 Å². The van der Waals surface area contributed by atoms with Crippen LogP contribution in [0.25, 0.3) is 0 Å². The summed E-state index contributed by atoms with van der Waals surface area (Å²) >= 11 is 12.3. The molecular formula is C38H67N6O14P3S4. The van der Waals surface area contributed by atoms with Gasteiger partial charge in [0.1, 0.15) is 12.1 Å². The van der Waals surface area contributed by atoms with E-state index >= 15 is 0 Å². The summed E-state index contributed by atoms with van der Waals surface area (Å²) in [6.07, 6.45) is 0.694. The molecule has 0 aromatic heterocycles. The zero-order valence-electron chi connectivity index (χ0n) is 38.6. The van der Waals surface area contributed by atoms with Crippen LogP contribution in [0.2, 0.25) is 0 Å². The van der Waals surface area contributed by atoms with Gasteiger partial charge in [-0.25, -0.2) is 18.2 Å². The summed E-state index contributed by atoms with van der Waals surface area (Å²) < 4.78 is 60.7. The molecule has 2 aromatic carbocycles. The maximum absolute atomic E-state index is 12.1. The molecule has 27 heteroatoms. The van der Waals surface area contributed by atoms with Crippen LogP contribution in [0.4, 0.5) is 5.69 Å². The number of amides is 2. The van der Waals surface area contributed by atoms with E-state index in [2.05, 4.69) is 20.4 Å². The van der Waals surface area contributed by atoms with Crippen LogP contribution in [0.1, 0.15) is 80.7 Å². The highest BCUT2D eigenvalue weighted by atomic mass is 32.9. The average Bonchev–Trinajstić information content (AvgIpc) is 3.18. The zero-order chi connectivity index (χ0) is 50.3. The Labute approximate surface area is 397 Å². The molecule has 0 saturated carbocycles. The Morgan fingerprint density at radius 2 is 1.49 bits per heavy atom. The second-order valence-corrected chi connectivity index (χ2v) is 28.7. The summed E-state index contributed by atoms with van der Waals surface area (Å²) in [5.74, 6) is -1.86. The minimum atomic E-state index is -3.49. The molecule has 372 valence electrons. The molecule has 0 fully saturated rings. The third-order valence-corrected chi connectivity index (χ3v) is 18.6. The number of nitro benzene ring substituents is 1. The molecule has 65 heavy (non-hydrogen) atoms. The van der Waals surface area contributed by atoms with Gasteiger partial charge in [-0.1, -0.05) is 42.6 Å². The van der Waals surface area contributed by atoms with Crippen LogP contribution in [0.5, 0.6) is 5.75 Å². The smallest absolute Gasteiger partial charge is 0.325 e. The third-order valence-electron chi connectivity index (χ3n) is 7.87. The summed E-state index contributed by atoms with van der Waals surface area (Å²) in [7, 11) is -6.74. The molecule has 0 spiro atoms. The van der Waals surface area contributed by atoms with Crippen LogP contribution in [0, 0.1) is 17.0 Å². The van der Waals surface area contributed by atoms with E-state index in [1.54, 1.807) is 42.5 Å². The number of aliphatic carboxylic acids is 1. The van der Waals surface area contributed by atoms with Gasteiger partial charge >= 0.3 is 18.3 Å². The molecular weight excluding hydrogens is 986 g/mol. The van der Waals surface area contributed by atoms with E-state index in [1.165, 1.54) is 38.0 Å². The summed E-state index contributed by atoms with van der Waals surface area (Å²) in [5.41, 5.74) is 3.83. The molecule has 0 radical (unpaired) electrons. The number of nitro groups is 1. The lowest BCUT2D eigenvalue weighted by molar-refractivity contribution is -0.385. The van der Waals surface area contributed by atoms with Gasteiger partial charge in [0.25, 0.3) is 0 Å². The van der Waals surface area contributed by atoms with E-state index in [-0.39, 0.29) is 53.7 Å². The Balaban J connectivity index is 0.000000947. The molecule has 2 rings (SSSR count). The van der Waals surface area contributed by atoms with Crippen LogP contribution in [0.3, 0.4) is 0 Å². The molecule has 3 unspecified atom stereocenters. The van der Waals surface area contributed by atoms with Gasteiger partial charge < -0.3 is 44.5 Å². The minimum absolute atomic E-state index is 0.00990. The second kappa shape index (κ2) is 30.2. The first-order chi connectivity index (χ1) is 29.9. The predicted octanol–water partition coefficient (Wildman–Crippen LogP) is 6.40. The molecule has 0 aliphatic heterocycles. The molecule has 2 amide bonds. The molecule has 8 N–H and O–H groups in total. The van der Waals surface area contributed by atoms with Crippen LogP contribution in [-0.2, 0) is 66.2 Å². The van der Waals surface area contributed by atoms with Crippen LogP contribution in [-0.4, -0.2) is 109 Å². The lowest BCUT2D eigenvalue weighted by atomic mass is 10.2. The Hall–Kier alpha value is -2.40. The largest absolute Gasteiger partial charge is 0.480 e. The number of carbonyl (C=O) groups is 3. The molecule has 0 saturated heterocycles. The summed E-state index contributed by atoms with van der Waals surface area (Å²) in [6.45, 7) is 16.9. The Bertz CT molecular complexity index is 2070. The van der Waals surface area contributed by atoms with Crippen LogP contribution in [0.15, 0.2) is 53.4 Å². The van der Waals surface area contributed by atoms with E-state index in [0.717, 1.165) is 12.0 Å². The van der Waals surface area contributed by atoms with E-state index in [9.17, 15) is 37.5 Å². The topological polar surface area (TPSA) is 297 Å². The number of carboxylic acids is 1. The SMILES string of the molecule is CC(C)OP(=S)(OC(C)C)SCCNS(=O)(=O)c1ccccc1.CCOP(=S)(NC(C)CC)Oc1cc(C)ccc1[N+](=O)[O-].C[C@H](NC(=O)[C@H](C)NC(=O)[C@@H](N)CCP(C)(=O)O)C(=O)O. The van der Waals surface area contributed by atoms with E-state index in [0.29, 0.717) is 12.4 Å². The Morgan fingerprint density at radius 1 is 0.938 bits per heavy atom. The predicted molar refractivity (Wildman–Crippen MR) is 264 cm³/mol. The average molecular weight is 1050 g/mol. The van der Waals surface area contributed by atoms with Crippen molar-refractivity contribution < 1.29 is 60.4 Å². The Morgan fingerprint density at radius 3 is 1.97 bits per heavy atom. The van der Waals surface area contributed by atoms with Gasteiger partial charge in [0.15, 0.2) is 7.37 Å². The fraction of sp³-hybridized carbons (Fsp3) is 0.605. The zero-order valence-corrected chi connectivity index (χ0v) is 44.6. The van der Waals surface area contributed by atoms with Crippen molar-refractivity contribution in [3.63, 3.8) is 0 Å². The number of nitrogens with zero attached hydrogens (tertiary/aromatic N) is 1. The minimum Gasteiger partial charge on any atom is -0.480 e. The van der Waals surface area contributed by atoms with Crippen molar-refractivity contribution in [2.75, 3.05) is 31.7 Å². The van der Waals surface area contributed by atoms with Crippen molar-refractivity contribution in [2.45, 2.75) is 123 Å². The number of rotatable bonds is 26. The molecule has 0 heterocycles. The number of carboxylic acid groups (broad SMARTS) is 1. The van der Waals surface area contributed by atoms with Gasteiger partial charge in [0, 0.05) is 37.2 Å². The van der Waals surface area contributed by atoms with E-state index < -0.39 is 70.6 Å². The van der Waals surface area contributed by atoms with Crippen molar-refractivity contribution in [3.8, 4) is 5.75 Å². The van der Waals surface area contributed by atoms with Gasteiger partial charge in [-0.05, 0) is 123 Å². The van der Waals surface area contributed by atoms with Gasteiger partial charge in [0.05, 0.1) is 34.7 Å². The lowest BCUT2D eigenvalue weighted by Crippen LogP contribution is -2.52. The maximum Gasteiger partial charge on any atom is 0.325 e. The van der Waals surface area contributed by atoms with Crippen molar-refractivity contribution >= 4 is 88.2 Å². The van der Waals surface area contributed by atoms with Crippen LogP contribution < -0.4 is 30.7 Å². The third kappa shape index (κ3) is 27.3. The summed E-state index contributed by atoms with van der Waals surface area (Å²) in [6, 6.07) is 10.0. The standard InChI is InChI=1S/C14H24NO4PS3.C13H21N2O4PS.C11H22N3O6P/c1-12(2)18-20(21,19-13(3)4)22-11-10-15-23(16,17)14-8-6-5-7-9-14;1-5-11(4)14-20(21,18-6-2)19-13-9-10(3)7-8-12(13)15(16)17;1-6(9(15)14-7(2)11(17)18)13-10(16)8(12)4-5-21(3,19)20/h5-9,12-13,15H,10-11H2,1-4H3;7-9,11H,5-6H2,1-4H3,(H,14,21);6-8H,4-5,12H2,1-3H3,(H,13,16)(H,14,15)(H,17,18)(H,19,20)/t;;6-,7-,8-/m..0/s1. The fourth-order valence-corrected chi connectivity index (χ4v) is 14.9. The fourth-order valence-electron chi connectivity index (χ4n) is 4.51. The number of benzene rings is 2. The second-order valence-electron chi connectivity index (χ2n) is 14.9. The number of carbonyl (C=O) groups excluding carboxylic acids is 2. The quantitative estimate of drug-likeness (QED) is 0.0232. The highest BCUT2D eigenvalue weighted by molar-refractivity contribution is 8.67. The van der Waals surface area contributed by atoms with Crippen LogP contribution >= 0.6 is 31.1 Å². The van der Waals surface area contributed by atoms with Gasteiger partial charge in [-0.15, -0.1) is 0 Å². The summed E-state index contributed by atoms with van der Waals surface area (Å²) in [5, 5.41) is 27.4. The first-order valence-electron chi connectivity index (χ1n) is 20.4. The monoisotopic (exact) mass is 1050 g/mol. The molecule has 0 aliphatic carbocycles. The number of sulfonamides is 1. The van der Waals surface area contributed by atoms with Crippen molar-refractivity contribution in [2.24, 2.45) is 5.73 Å². The number of hydrogen-bond donors (Lipinski definition) is 7. The normalized spacial score (nSPS) is 15.3. The Kier molecular flexibility index (Phi) is 29.1. The molecule has 20 nitrogen and oxygen atoms in total. The van der Waals surface area contributed by atoms with Crippen molar-refractivity contribution in [1.29, 1.82) is 0 Å². The number of hydrogen-bond acceptors (Lipinski definition) is 16. The summed E-state index contributed by atoms with van der Waals surface area (Å²) in [4.78, 5) is 53.9. The number of nitrogens with two attached hydrogens (primary N) is 1. The first-order valence-corrected chi connectivity index (χ1v) is 31.0. The van der Waals surface area contributed by atoms with E-state index in [1.807, 2.05) is 55.4 Å². The van der Waals surface area contributed by atoms with Gasteiger partial charge in [-0.2, -0.15) is 0 Å². The molecule has 6 atom stereocenters. The van der Waals surface area contributed by atoms with E-state index in [4.69, 9.17) is 57.4 Å². The highest BCUT2D eigenvalue weighted by Crippen LogP contribution is 2.62. The molecule has 0 aliphatic rings. The van der Waals surface area contributed by atoms with Crippen molar-refractivity contribution in [1.82, 2.24) is 20.4 Å². The maximum atomic E-state index is 12.1. The molecule has 2 aromatic rings. The lowest BCUT2D eigenvalue weighted by Gasteiger charge is -2.26. The first kappa shape index (κ1) is 62.6.